The van der Waals surface area contributed by atoms with Crippen LogP contribution in [0.2, 0.25) is 0 Å². The van der Waals surface area contributed by atoms with E-state index in [-0.39, 0.29) is 17.2 Å². The topological polar surface area (TPSA) is 27.7 Å². The molecule has 0 atom stereocenters. The van der Waals surface area contributed by atoms with Gasteiger partial charge in [-0.05, 0) is 48.2 Å². The number of allylic oxidation sites excluding steroid dienone is 1. The molecule has 0 radical (unpaired) electrons. The Morgan fingerprint density at radius 3 is 2.10 bits per heavy atom. The molecule has 3 aromatic rings. The van der Waals surface area contributed by atoms with Gasteiger partial charge in [-0.1, -0.05) is 94.0 Å². The van der Waals surface area contributed by atoms with Gasteiger partial charge in [0.1, 0.15) is 5.82 Å². The van der Waals surface area contributed by atoms with Gasteiger partial charge in [0.2, 0.25) is 5.82 Å². The predicted octanol–water partition coefficient (Wildman–Crippen LogP) is 9.80. The van der Waals surface area contributed by atoms with Crippen LogP contribution in [0.4, 0.5) is 13.2 Å². The van der Waals surface area contributed by atoms with E-state index in [1.807, 2.05) is 19.1 Å². The molecule has 40 heavy (non-hydrogen) atoms. The summed E-state index contributed by atoms with van der Waals surface area (Å²) in [5.74, 6) is -2.24. The van der Waals surface area contributed by atoms with Crippen LogP contribution in [0.3, 0.4) is 0 Å². The van der Waals surface area contributed by atoms with E-state index >= 15 is 0 Å². The second-order valence-corrected chi connectivity index (χ2v) is 10.3. The van der Waals surface area contributed by atoms with Gasteiger partial charge in [0.15, 0.2) is 17.9 Å². The second kappa shape index (κ2) is 15.1. The Morgan fingerprint density at radius 1 is 0.775 bits per heavy atom. The fourth-order valence-electron chi connectivity index (χ4n) is 4.93. The summed E-state index contributed by atoms with van der Waals surface area (Å²) < 4.78 is 61.6. The highest BCUT2D eigenvalue weighted by atomic mass is 19.2. The molecule has 1 aliphatic rings. The third-order valence-corrected chi connectivity index (χ3v) is 7.22. The average Bonchev–Trinajstić information content (AvgIpc) is 2.97. The molecule has 1 aliphatic heterocycles. The smallest absolute Gasteiger partial charge is 0.201 e. The van der Waals surface area contributed by atoms with E-state index in [0.29, 0.717) is 36.5 Å². The minimum absolute atomic E-state index is 0.0670. The lowest BCUT2D eigenvalue weighted by atomic mass is 9.98. The second-order valence-electron chi connectivity index (χ2n) is 10.3. The summed E-state index contributed by atoms with van der Waals surface area (Å²) in [6.07, 6.45) is 11.1. The van der Waals surface area contributed by atoms with Gasteiger partial charge in [0, 0.05) is 17.0 Å². The number of hydrogen-bond donors (Lipinski definition) is 0. The number of benzene rings is 3. The Balaban J connectivity index is 1.36. The van der Waals surface area contributed by atoms with Gasteiger partial charge in [0.05, 0.1) is 19.8 Å². The highest BCUT2D eigenvalue weighted by Gasteiger charge is 2.24. The van der Waals surface area contributed by atoms with Gasteiger partial charge in [-0.15, -0.1) is 0 Å². The van der Waals surface area contributed by atoms with Crippen LogP contribution in [0.1, 0.15) is 70.6 Å². The van der Waals surface area contributed by atoms with E-state index in [1.165, 1.54) is 43.9 Å². The van der Waals surface area contributed by atoms with Crippen LogP contribution in [0.25, 0.3) is 22.3 Å². The number of unbranched alkanes of at least 4 members (excludes halogenated alkanes) is 6. The van der Waals surface area contributed by atoms with E-state index in [2.05, 4.69) is 6.92 Å². The normalized spacial score (nSPS) is 17.4. The van der Waals surface area contributed by atoms with Crippen molar-refractivity contribution in [2.75, 3.05) is 19.8 Å². The SMILES string of the molecule is C/C=C/C1COC(c2ccc(-c3ccc(-c4ccc(OCCCCCCCCC)c(F)c4F)cc3)cc2F)OC1. The van der Waals surface area contributed by atoms with Crippen molar-refractivity contribution in [2.45, 2.75) is 65.1 Å². The van der Waals surface area contributed by atoms with E-state index in [4.69, 9.17) is 14.2 Å². The summed E-state index contributed by atoms with van der Waals surface area (Å²) in [6.45, 7) is 5.44. The monoisotopic (exact) mass is 552 g/mol. The molecule has 0 bridgehead atoms. The number of halogens is 3. The van der Waals surface area contributed by atoms with Crippen LogP contribution in [-0.2, 0) is 9.47 Å². The zero-order valence-electron chi connectivity index (χ0n) is 23.4. The van der Waals surface area contributed by atoms with Crippen molar-refractivity contribution in [1.82, 2.24) is 0 Å². The van der Waals surface area contributed by atoms with E-state index in [9.17, 15) is 13.2 Å². The number of ether oxygens (including phenoxy) is 3. The van der Waals surface area contributed by atoms with E-state index in [1.54, 1.807) is 36.4 Å². The molecule has 1 heterocycles. The fraction of sp³-hybridized carbons (Fsp3) is 0.412. The first-order chi connectivity index (χ1) is 19.5. The summed E-state index contributed by atoms with van der Waals surface area (Å²) in [7, 11) is 0. The molecule has 1 saturated heterocycles. The summed E-state index contributed by atoms with van der Waals surface area (Å²) in [4.78, 5) is 0. The van der Waals surface area contributed by atoms with Crippen LogP contribution < -0.4 is 4.74 Å². The molecular formula is C34H39F3O3. The molecule has 214 valence electrons. The maximum atomic E-state index is 15.0. The number of rotatable bonds is 13. The van der Waals surface area contributed by atoms with Crippen LogP contribution in [0.5, 0.6) is 5.75 Å². The zero-order valence-corrected chi connectivity index (χ0v) is 23.4. The highest BCUT2D eigenvalue weighted by Crippen LogP contribution is 2.33. The third-order valence-electron chi connectivity index (χ3n) is 7.22. The van der Waals surface area contributed by atoms with E-state index < -0.39 is 23.7 Å². The van der Waals surface area contributed by atoms with Crippen molar-refractivity contribution in [2.24, 2.45) is 5.92 Å². The Labute approximate surface area is 236 Å². The third kappa shape index (κ3) is 7.76. The van der Waals surface area contributed by atoms with Gasteiger partial charge >= 0.3 is 0 Å². The maximum absolute atomic E-state index is 15.0. The summed E-state index contributed by atoms with van der Waals surface area (Å²) in [5.41, 5.74) is 2.44. The Morgan fingerprint density at radius 2 is 1.43 bits per heavy atom. The fourth-order valence-corrected chi connectivity index (χ4v) is 4.93. The van der Waals surface area contributed by atoms with Crippen molar-refractivity contribution in [3.63, 3.8) is 0 Å². The van der Waals surface area contributed by atoms with Crippen LogP contribution >= 0.6 is 0 Å². The maximum Gasteiger partial charge on any atom is 0.201 e. The van der Waals surface area contributed by atoms with Gasteiger partial charge in [-0.25, -0.2) is 8.78 Å². The molecule has 1 fully saturated rings. The van der Waals surface area contributed by atoms with Crippen molar-refractivity contribution in [3.8, 4) is 28.0 Å². The molecule has 3 nitrogen and oxygen atoms in total. The van der Waals surface area contributed by atoms with Crippen molar-refractivity contribution < 1.29 is 27.4 Å². The Hall–Kier alpha value is -3.09. The van der Waals surface area contributed by atoms with Gasteiger partial charge in [-0.3, -0.25) is 0 Å². The zero-order chi connectivity index (χ0) is 28.3. The average molecular weight is 553 g/mol. The number of hydrogen-bond acceptors (Lipinski definition) is 3. The highest BCUT2D eigenvalue weighted by molar-refractivity contribution is 5.71. The summed E-state index contributed by atoms with van der Waals surface area (Å²) in [6, 6.07) is 14.9. The molecule has 0 unspecified atom stereocenters. The quantitative estimate of drug-likeness (QED) is 0.156. The molecular weight excluding hydrogens is 513 g/mol. The standard InChI is InChI=1S/C34H39F3O3/c1-3-5-6-7-8-9-10-20-38-31-19-18-28(32(36)33(31)37)26-14-12-25(13-15-26)27-16-17-29(30(35)21-27)34-39-22-24(11-4-2)23-40-34/h4,11-19,21,24,34H,3,5-10,20,22-23H2,1-2H3/b11-4+. The molecule has 0 spiro atoms. The first-order valence-electron chi connectivity index (χ1n) is 14.4. The van der Waals surface area contributed by atoms with Crippen LogP contribution in [0.15, 0.2) is 66.7 Å². The molecule has 0 saturated carbocycles. The lowest BCUT2D eigenvalue weighted by molar-refractivity contribution is -0.198. The van der Waals surface area contributed by atoms with Crippen molar-refractivity contribution >= 4 is 0 Å². The summed E-state index contributed by atoms with van der Waals surface area (Å²) in [5, 5.41) is 0. The summed E-state index contributed by atoms with van der Waals surface area (Å²) >= 11 is 0. The van der Waals surface area contributed by atoms with Gasteiger partial charge < -0.3 is 14.2 Å². The molecule has 0 N–H and O–H groups in total. The first-order valence-corrected chi connectivity index (χ1v) is 14.4. The van der Waals surface area contributed by atoms with Crippen molar-refractivity contribution in [3.05, 3.63) is 89.8 Å². The molecule has 0 aromatic heterocycles. The lowest BCUT2D eigenvalue weighted by Gasteiger charge is -2.28. The van der Waals surface area contributed by atoms with Crippen molar-refractivity contribution in [1.29, 1.82) is 0 Å². The Kier molecular flexibility index (Phi) is 11.2. The largest absolute Gasteiger partial charge is 0.490 e. The Bertz CT molecular complexity index is 1250. The predicted molar refractivity (Wildman–Crippen MR) is 154 cm³/mol. The lowest BCUT2D eigenvalue weighted by Crippen LogP contribution is -2.26. The van der Waals surface area contributed by atoms with Gasteiger partial charge in [-0.2, -0.15) is 4.39 Å². The minimum atomic E-state index is -0.980. The minimum Gasteiger partial charge on any atom is -0.490 e. The molecule has 6 heteroatoms. The van der Waals surface area contributed by atoms with Crippen LogP contribution in [0, 0.1) is 23.4 Å². The first kappa shape index (κ1) is 29.9. The van der Waals surface area contributed by atoms with E-state index in [0.717, 1.165) is 24.8 Å². The molecule has 0 aliphatic carbocycles. The van der Waals surface area contributed by atoms with Crippen LogP contribution in [-0.4, -0.2) is 19.8 Å². The molecule has 4 rings (SSSR count). The molecule has 0 amide bonds. The van der Waals surface area contributed by atoms with Gasteiger partial charge in [0.25, 0.3) is 0 Å². The molecule has 3 aromatic carbocycles.